The maximum Gasteiger partial charge on any atom is 0.122 e. The normalized spacial score (nSPS) is 12.0. The fourth-order valence-corrected chi connectivity index (χ4v) is 2.65. The summed E-state index contributed by atoms with van der Waals surface area (Å²) in [6.45, 7) is 6.13. The van der Waals surface area contributed by atoms with Gasteiger partial charge in [-0.2, -0.15) is 0 Å². The molecule has 3 heteroatoms. The molecule has 0 aromatic heterocycles. The summed E-state index contributed by atoms with van der Waals surface area (Å²) in [6.07, 6.45) is 1.92. The van der Waals surface area contributed by atoms with Crippen molar-refractivity contribution in [1.82, 2.24) is 0 Å². The van der Waals surface area contributed by atoms with E-state index in [0.717, 1.165) is 30.9 Å². The lowest BCUT2D eigenvalue weighted by molar-refractivity contribution is 0.317. The van der Waals surface area contributed by atoms with E-state index in [9.17, 15) is 0 Å². The Labute approximate surface area is 139 Å². The molecule has 0 fully saturated rings. The summed E-state index contributed by atoms with van der Waals surface area (Å²) in [5.74, 6) is 2.11. The van der Waals surface area contributed by atoms with Gasteiger partial charge in [0.1, 0.15) is 11.5 Å². The molecule has 1 atom stereocenters. The molecule has 0 bridgehead atoms. The number of nitrogens with two attached hydrogens (primary N) is 1. The molecule has 0 radical (unpaired) electrons. The van der Waals surface area contributed by atoms with Crippen LogP contribution in [0.4, 0.5) is 0 Å². The standard InChI is InChI=1S/C20H27NO2/c1-3-13-23-18-11-9-16(10-12-18)14-17(15-21)19-7-5-6-8-20(19)22-4-2/h5-12,17H,3-4,13-15,21H2,1-2H3. The first kappa shape index (κ1) is 17.4. The molecule has 0 amide bonds. The molecule has 124 valence electrons. The van der Waals surface area contributed by atoms with Crippen molar-refractivity contribution in [2.45, 2.75) is 32.6 Å². The fourth-order valence-electron chi connectivity index (χ4n) is 2.65. The Bertz CT molecular complexity index is 580. The van der Waals surface area contributed by atoms with Crippen LogP contribution in [0.3, 0.4) is 0 Å². The second-order valence-electron chi connectivity index (χ2n) is 5.60. The molecular weight excluding hydrogens is 286 g/mol. The van der Waals surface area contributed by atoms with Crippen molar-refractivity contribution in [3.63, 3.8) is 0 Å². The summed E-state index contributed by atoms with van der Waals surface area (Å²) in [4.78, 5) is 0. The van der Waals surface area contributed by atoms with Crippen LogP contribution in [0.1, 0.15) is 37.3 Å². The number of hydrogen-bond acceptors (Lipinski definition) is 3. The van der Waals surface area contributed by atoms with Crippen molar-refractivity contribution >= 4 is 0 Å². The zero-order valence-corrected chi connectivity index (χ0v) is 14.1. The third-order valence-electron chi connectivity index (χ3n) is 3.82. The van der Waals surface area contributed by atoms with Crippen LogP contribution < -0.4 is 15.2 Å². The number of hydrogen-bond donors (Lipinski definition) is 1. The van der Waals surface area contributed by atoms with Crippen molar-refractivity contribution in [1.29, 1.82) is 0 Å². The number of ether oxygens (including phenoxy) is 2. The maximum atomic E-state index is 6.03. The van der Waals surface area contributed by atoms with E-state index in [1.54, 1.807) is 0 Å². The molecule has 0 saturated heterocycles. The van der Waals surface area contributed by atoms with Crippen molar-refractivity contribution in [3.05, 3.63) is 59.7 Å². The molecule has 0 heterocycles. The molecule has 1 unspecified atom stereocenters. The molecule has 2 aromatic rings. The summed E-state index contributed by atoms with van der Waals surface area (Å²) < 4.78 is 11.4. The zero-order valence-electron chi connectivity index (χ0n) is 14.1. The van der Waals surface area contributed by atoms with E-state index >= 15 is 0 Å². The van der Waals surface area contributed by atoms with Crippen LogP contribution in [0.2, 0.25) is 0 Å². The Morgan fingerprint density at radius 3 is 2.35 bits per heavy atom. The van der Waals surface area contributed by atoms with Gasteiger partial charge in [-0.25, -0.2) is 0 Å². The van der Waals surface area contributed by atoms with Gasteiger partial charge in [0.25, 0.3) is 0 Å². The highest BCUT2D eigenvalue weighted by Crippen LogP contribution is 2.29. The number of benzene rings is 2. The molecule has 0 aliphatic carbocycles. The predicted molar refractivity (Wildman–Crippen MR) is 95.3 cm³/mol. The van der Waals surface area contributed by atoms with Crippen LogP contribution >= 0.6 is 0 Å². The van der Waals surface area contributed by atoms with Gasteiger partial charge in [0.15, 0.2) is 0 Å². The maximum absolute atomic E-state index is 6.03. The van der Waals surface area contributed by atoms with E-state index in [1.165, 1.54) is 11.1 Å². The van der Waals surface area contributed by atoms with E-state index in [1.807, 2.05) is 37.3 Å². The van der Waals surface area contributed by atoms with Crippen LogP contribution in [-0.2, 0) is 6.42 Å². The summed E-state index contributed by atoms with van der Waals surface area (Å²) in [7, 11) is 0. The van der Waals surface area contributed by atoms with Crippen LogP contribution in [0, 0.1) is 0 Å². The Morgan fingerprint density at radius 2 is 1.70 bits per heavy atom. The molecule has 3 nitrogen and oxygen atoms in total. The smallest absolute Gasteiger partial charge is 0.122 e. The first-order valence-electron chi connectivity index (χ1n) is 8.42. The van der Waals surface area contributed by atoms with Crippen molar-refractivity contribution < 1.29 is 9.47 Å². The van der Waals surface area contributed by atoms with Gasteiger partial charge < -0.3 is 15.2 Å². The van der Waals surface area contributed by atoms with Gasteiger partial charge in [0.05, 0.1) is 13.2 Å². The van der Waals surface area contributed by atoms with Gasteiger partial charge >= 0.3 is 0 Å². The largest absolute Gasteiger partial charge is 0.494 e. The second kappa shape index (κ2) is 9.21. The van der Waals surface area contributed by atoms with Gasteiger partial charge in [-0.3, -0.25) is 0 Å². The Hall–Kier alpha value is -2.00. The minimum absolute atomic E-state index is 0.250. The molecular formula is C20H27NO2. The summed E-state index contributed by atoms with van der Waals surface area (Å²) in [5, 5.41) is 0. The molecule has 2 N–H and O–H groups in total. The Morgan fingerprint density at radius 1 is 0.957 bits per heavy atom. The van der Waals surface area contributed by atoms with Crippen LogP contribution in [0.15, 0.2) is 48.5 Å². The SMILES string of the molecule is CCCOc1ccc(CC(CN)c2ccccc2OCC)cc1. The molecule has 0 saturated carbocycles. The lowest BCUT2D eigenvalue weighted by atomic mass is 9.91. The van der Waals surface area contributed by atoms with E-state index in [2.05, 4.69) is 25.1 Å². The quantitative estimate of drug-likeness (QED) is 0.756. The van der Waals surface area contributed by atoms with Crippen molar-refractivity contribution in [2.75, 3.05) is 19.8 Å². The van der Waals surface area contributed by atoms with Gasteiger partial charge in [-0.05, 0) is 55.6 Å². The Kier molecular flexibility index (Phi) is 6.95. The van der Waals surface area contributed by atoms with Gasteiger partial charge in [0.2, 0.25) is 0 Å². The summed E-state index contributed by atoms with van der Waals surface area (Å²) in [5.41, 5.74) is 8.48. The molecule has 0 aliphatic heterocycles. The molecule has 0 spiro atoms. The topological polar surface area (TPSA) is 44.5 Å². The van der Waals surface area contributed by atoms with E-state index in [4.69, 9.17) is 15.2 Å². The van der Waals surface area contributed by atoms with Gasteiger partial charge in [-0.1, -0.05) is 37.3 Å². The third kappa shape index (κ3) is 5.00. The highest BCUT2D eigenvalue weighted by molar-refractivity contribution is 5.38. The average Bonchev–Trinajstić information content (AvgIpc) is 2.60. The van der Waals surface area contributed by atoms with E-state index in [0.29, 0.717) is 13.2 Å². The van der Waals surface area contributed by atoms with Crippen LogP contribution in [-0.4, -0.2) is 19.8 Å². The molecule has 0 aliphatic rings. The molecule has 23 heavy (non-hydrogen) atoms. The lowest BCUT2D eigenvalue weighted by Gasteiger charge is -2.19. The number of rotatable bonds is 9. The highest BCUT2D eigenvalue weighted by Gasteiger charge is 2.15. The summed E-state index contributed by atoms with van der Waals surface area (Å²) in [6, 6.07) is 16.5. The first-order chi connectivity index (χ1) is 11.3. The van der Waals surface area contributed by atoms with Crippen molar-refractivity contribution in [2.24, 2.45) is 5.73 Å². The molecule has 2 aromatic carbocycles. The summed E-state index contributed by atoms with van der Waals surface area (Å²) >= 11 is 0. The number of para-hydroxylation sites is 1. The lowest BCUT2D eigenvalue weighted by Crippen LogP contribution is -2.16. The van der Waals surface area contributed by atoms with Gasteiger partial charge in [0, 0.05) is 5.92 Å². The van der Waals surface area contributed by atoms with Crippen molar-refractivity contribution in [3.8, 4) is 11.5 Å². The van der Waals surface area contributed by atoms with E-state index in [-0.39, 0.29) is 5.92 Å². The monoisotopic (exact) mass is 313 g/mol. The van der Waals surface area contributed by atoms with E-state index < -0.39 is 0 Å². The third-order valence-corrected chi connectivity index (χ3v) is 3.82. The van der Waals surface area contributed by atoms with Crippen LogP contribution in [0.25, 0.3) is 0 Å². The highest BCUT2D eigenvalue weighted by atomic mass is 16.5. The minimum atomic E-state index is 0.250. The Balaban J connectivity index is 2.10. The first-order valence-corrected chi connectivity index (χ1v) is 8.42. The average molecular weight is 313 g/mol. The van der Waals surface area contributed by atoms with Crippen LogP contribution in [0.5, 0.6) is 11.5 Å². The van der Waals surface area contributed by atoms with Gasteiger partial charge in [-0.15, -0.1) is 0 Å². The zero-order chi connectivity index (χ0) is 16.5. The molecule has 2 rings (SSSR count). The fraction of sp³-hybridized carbons (Fsp3) is 0.400. The minimum Gasteiger partial charge on any atom is -0.494 e. The predicted octanol–water partition coefficient (Wildman–Crippen LogP) is 4.16. The second-order valence-corrected chi connectivity index (χ2v) is 5.60.